The van der Waals surface area contributed by atoms with Gasteiger partial charge < -0.3 is 4.74 Å². The van der Waals surface area contributed by atoms with Gasteiger partial charge in [-0.05, 0) is 93.5 Å². The van der Waals surface area contributed by atoms with Gasteiger partial charge in [-0.1, -0.05) is 48.0 Å². The summed E-state index contributed by atoms with van der Waals surface area (Å²) in [7, 11) is -3.59. The third-order valence-corrected chi connectivity index (χ3v) is 8.38. The van der Waals surface area contributed by atoms with Crippen LogP contribution in [-0.4, -0.2) is 31.0 Å². The maximum Gasteiger partial charge on any atom is 0.412 e. The van der Waals surface area contributed by atoms with Crippen molar-refractivity contribution in [3.05, 3.63) is 82.4 Å². The molecule has 0 aliphatic carbocycles. The molecule has 0 saturated heterocycles. The average Bonchev–Trinajstić information content (AvgIpc) is 2.76. The molecule has 1 aliphatic heterocycles. The van der Waals surface area contributed by atoms with Crippen molar-refractivity contribution in [2.45, 2.75) is 65.0 Å². The van der Waals surface area contributed by atoms with Crippen LogP contribution < -0.4 is 5.32 Å². The summed E-state index contributed by atoms with van der Waals surface area (Å²) in [4.78, 5) is 12.6. The molecule has 0 radical (unpaired) electrons. The van der Waals surface area contributed by atoms with Crippen LogP contribution >= 0.6 is 0 Å². The lowest BCUT2D eigenvalue weighted by atomic mass is 9.95. The molecule has 0 saturated carbocycles. The monoisotopic (exact) mass is 506 g/mol. The fourth-order valence-corrected chi connectivity index (χ4v) is 6.64. The molecule has 0 bridgehead atoms. The van der Waals surface area contributed by atoms with Crippen LogP contribution in [0.3, 0.4) is 0 Å². The lowest BCUT2D eigenvalue weighted by molar-refractivity contribution is 0.0636. The first-order chi connectivity index (χ1) is 16.8. The second-order valence-corrected chi connectivity index (χ2v) is 12.4. The number of carbonyl (C=O) groups excluding carboxylic acids is 1. The van der Waals surface area contributed by atoms with Crippen molar-refractivity contribution in [1.82, 2.24) is 4.31 Å². The van der Waals surface area contributed by atoms with E-state index in [2.05, 4.69) is 11.4 Å². The van der Waals surface area contributed by atoms with E-state index in [9.17, 15) is 13.2 Å². The van der Waals surface area contributed by atoms with Crippen molar-refractivity contribution in [2.75, 3.05) is 11.9 Å². The van der Waals surface area contributed by atoms with Crippen molar-refractivity contribution >= 4 is 21.8 Å². The van der Waals surface area contributed by atoms with E-state index in [1.54, 1.807) is 4.31 Å². The van der Waals surface area contributed by atoms with Gasteiger partial charge in [-0.15, -0.1) is 0 Å². The minimum Gasteiger partial charge on any atom is -0.444 e. The number of anilines is 1. The molecule has 4 rings (SSSR count). The van der Waals surface area contributed by atoms with E-state index in [1.807, 2.05) is 90.1 Å². The van der Waals surface area contributed by atoms with Crippen molar-refractivity contribution in [2.24, 2.45) is 0 Å². The zero-order valence-corrected chi connectivity index (χ0v) is 22.6. The fraction of sp³-hybridized carbons (Fsp3) is 0.345. The third-order valence-electron chi connectivity index (χ3n) is 6.23. The van der Waals surface area contributed by atoms with Crippen molar-refractivity contribution in [3.63, 3.8) is 0 Å². The molecule has 1 heterocycles. The van der Waals surface area contributed by atoms with Gasteiger partial charge in [-0.2, -0.15) is 4.31 Å². The number of nitrogens with one attached hydrogen (secondary N) is 1. The number of nitrogens with zero attached hydrogens (tertiary/aromatic N) is 1. The molecule has 0 spiro atoms. The summed E-state index contributed by atoms with van der Waals surface area (Å²) in [5.74, 6) is 0. The van der Waals surface area contributed by atoms with E-state index in [0.717, 1.165) is 38.9 Å². The zero-order chi connectivity index (χ0) is 26.3. The molecule has 6 nitrogen and oxygen atoms in total. The number of ether oxygens (including phenoxy) is 1. The van der Waals surface area contributed by atoms with Crippen LogP contribution in [0.4, 0.5) is 10.5 Å². The lowest BCUT2D eigenvalue weighted by Crippen LogP contribution is -2.36. The number of rotatable bonds is 4. The Labute approximate surface area is 214 Å². The van der Waals surface area contributed by atoms with Gasteiger partial charge in [0.2, 0.25) is 10.0 Å². The van der Waals surface area contributed by atoms with Crippen molar-refractivity contribution in [3.8, 4) is 11.1 Å². The molecule has 0 atom stereocenters. The maximum atomic E-state index is 13.5. The van der Waals surface area contributed by atoms with Crippen LogP contribution in [-0.2, 0) is 27.7 Å². The second kappa shape index (κ2) is 9.71. The Bertz CT molecular complexity index is 1400. The molecule has 1 amide bonds. The number of sulfonamides is 1. The predicted octanol–water partition coefficient (Wildman–Crippen LogP) is 6.37. The Morgan fingerprint density at radius 1 is 0.917 bits per heavy atom. The normalized spacial score (nSPS) is 14.3. The number of fused-ring (bicyclic) bond motifs is 1. The Balaban J connectivity index is 1.55. The van der Waals surface area contributed by atoms with Gasteiger partial charge in [0.1, 0.15) is 5.60 Å². The van der Waals surface area contributed by atoms with Gasteiger partial charge in [-0.25, -0.2) is 13.2 Å². The zero-order valence-electron chi connectivity index (χ0n) is 21.8. The van der Waals surface area contributed by atoms with Gasteiger partial charge in [-0.3, -0.25) is 5.32 Å². The summed E-state index contributed by atoms with van der Waals surface area (Å²) in [5, 5.41) is 2.79. The molecule has 3 aromatic carbocycles. The molecule has 0 unspecified atom stereocenters. The summed E-state index contributed by atoms with van der Waals surface area (Å²) in [6.45, 7) is 12.0. The lowest BCUT2D eigenvalue weighted by Gasteiger charge is -2.29. The number of hydrogen-bond donors (Lipinski definition) is 1. The van der Waals surface area contributed by atoms with E-state index < -0.39 is 21.7 Å². The van der Waals surface area contributed by atoms with Gasteiger partial charge in [0.05, 0.1) is 4.90 Å². The van der Waals surface area contributed by atoms with E-state index in [4.69, 9.17) is 4.74 Å². The highest BCUT2D eigenvalue weighted by Gasteiger charge is 2.31. The van der Waals surface area contributed by atoms with Crippen molar-refractivity contribution in [1.29, 1.82) is 0 Å². The Morgan fingerprint density at radius 2 is 1.58 bits per heavy atom. The molecular weight excluding hydrogens is 472 g/mol. The summed E-state index contributed by atoms with van der Waals surface area (Å²) >= 11 is 0. The molecule has 36 heavy (non-hydrogen) atoms. The number of aryl methyl sites for hydroxylation is 3. The first-order valence-corrected chi connectivity index (χ1v) is 13.6. The molecule has 0 aromatic heterocycles. The predicted molar refractivity (Wildman–Crippen MR) is 144 cm³/mol. The molecule has 1 aliphatic rings. The summed E-state index contributed by atoms with van der Waals surface area (Å²) in [6, 6.07) is 17.6. The largest absolute Gasteiger partial charge is 0.444 e. The van der Waals surface area contributed by atoms with E-state index in [-0.39, 0.29) is 0 Å². The number of carbonyl (C=O) groups is 1. The quantitative estimate of drug-likeness (QED) is 0.446. The maximum absolute atomic E-state index is 13.5. The van der Waals surface area contributed by atoms with E-state index in [1.165, 1.54) is 0 Å². The van der Waals surface area contributed by atoms with Crippen LogP contribution in [0.1, 0.15) is 48.6 Å². The topological polar surface area (TPSA) is 75.7 Å². The molecule has 7 heteroatoms. The smallest absolute Gasteiger partial charge is 0.412 e. The van der Waals surface area contributed by atoms with Gasteiger partial charge in [0, 0.05) is 18.8 Å². The van der Waals surface area contributed by atoms with Gasteiger partial charge in [0.15, 0.2) is 0 Å². The SMILES string of the molecule is Cc1cc(C)c(S(=O)(=O)N2CCc3cc(-c4cccc(NC(=O)OC(C)(C)C)c4)ccc3C2)c(C)c1. The number of benzene rings is 3. The van der Waals surface area contributed by atoms with E-state index >= 15 is 0 Å². The summed E-state index contributed by atoms with van der Waals surface area (Å²) < 4.78 is 34.0. The molecule has 0 fully saturated rings. The molecule has 1 N–H and O–H groups in total. The van der Waals surface area contributed by atoms with Crippen LogP contribution in [0.2, 0.25) is 0 Å². The third kappa shape index (κ3) is 5.63. The molecule has 3 aromatic rings. The highest BCUT2D eigenvalue weighted by molar-refractivity contribution is 7.89. The van der Waals surface area contributed by atoms with Crippen molar-refractivity contribution < 1.29 is 17.9 Å². The Morgan fingerprint density at radius 3 is 2.25 bits per heavy atom. The van der Waals surface area contributed by atoms with Gasteiger partial charge >= 0.3 is 6.09 Å². The van der Waals surface area contributed by atoms with E-state index in [0.29, 0.717) is 30.1 Å². The second-order valence-electron chi connectivity index (χ2n) is 10.5. The molecular formula is C29H34N2O4S. The first kappa shape index (κ1) is 25.9. The minimum atomic E-state index is -3.59. The fourth-order valence-electron chi connectivity index (χ4n) is 4.81. The minimum absolute atomic E-state index is 0.352. The van der Waals surface area contributed by atoms with Crippen LogP contribution in [0.5, 0.6) is 0 Å². The van der Waals surface area contributed by atoms with Crippen LogP contribution in [0, 0.1) is 20.8 Å². The van der Waals surface area contributed by atoms with Crippen LogP contribution in [0.25, 0.3) is 11.1 Å². The average molecular weight is 507 g/mol. The Kier molecular flexibility index (Phi) is 6.99. The number of amides is 1. The Hall–Kier alpha value is -3.16. The molecule has 190 valence electrons. The summed E-state index contributed by atoms with van der Waals surface area (Å²) in [5.41, 5.74) is 6.85. The standard InChI is InChI=1S/C29H34N2O4S/c1-19-14-20(2)27(21(3)15-19)36(33,34)31-13-12-24-16-23(10-11-25(24)18-31)22-8-7-9-26(17-22)30-28(32)35-29(4,5)6/h7-11,14-17H,12-13,18H2,1-6H3,(H,30,32). The van der Waals surface area contributed by atoms with Crippen LogP contribution in [0.15, 0.2) is 59.5 Å². The number of hydrogen-bond acceptors (Lipinski definition) is 4. The van der Waals surface area contributed by atoms with Gasteiger partial charge in [0.25, 0.3) is 0 Å². The first-order valence-electron chi connectivity index (χ1n) is 12.1. The highest BCUT2D eigenvalue weighted by atomic mass is 32.2. The summed E-state index contributed by atoms with van der Waals surface area (Å²) in [6.07, 6.45) is 0.146. The highest BCUT2D eigenvalue weighted by Crippen LogP contribution is 2.32.